The number of rotatable bonds is 2. The molecule has 1 aliphatic rings. The Labute approximate surface area is 108 Å². The molecule has 0 atom stereocenters. The molecule has 2 heterocycles. The molecule has 2 rings (SSSR count). The van der Waals surface area contributed by atoms with Gasteiger partial charge in [-0.15, -0.1) is 0 Å². The minimum atomic E-state index is -10.7. The van der Waals surface area contributed by atoms with E-state index in [4.69, 9.17) is 0 Å². The Morgan fingerprint density at radius 3 is 1.94 bits per heavy atom. The van der Waals surface area contributed by atoms with Crippen LogP contribution in [0.5, 0.6) is 0 Å². The molecule has 0 aromatic carbocycles. The average molecular weight is 330 g/mol. The van der Waals surface area contributed by atoms with E-state index in [-0.39, 0.29) is 0 Å². The van der Waals surface area contributed by atoms with Crippen LogP contribution in [0.3, 0.4) is 0 Å². The summed E-state index contributed by atoms with van der Waals surface area (Å²) in [4.78, 5) is 0. The van der Waals surface area contributed by atoms with Gasteiger partial charge in [0.1, 0.15) is 17.3 Å². The van der Waals surface area contributed by atoms with Crippen molar-refractivity contribution in [2.75, 3.05) is 11.5 Å². The molecule has 0 spiro atoms. The molecule has 1 fully saturated rings. The molecular formula is C9H13F6PS2. The van der Waals surface area contributed by atoms with E-state index in [1.807, 2.05) is 11.3 Å². The molecule has 0 N–H and O–H groups in total. The molecule has 0 unspecified atom stereocenters. The quantitative estimate of drug-likeness (QED) is 0.352. The summed E-state index contributed by atoms with van der Waals surface area (Å²) in [5.74, 6) is 4.36. The summed E-state index contributed by atoms with van der Waals surface area (Å²) < 4.78 is 59.2. The Bertz CT molecular complexity index is 353. The Morgan fingerprint density at radius 1 is 1.06 bits per heavy atom. The van der Waals surface area contributed by atoms with Gasteiger partial charge in [-0.05, 0) is 40.6 Å². The van der Waals surface area contributed by atoms with E-state index in [0.29, 0.717) is 0 Å². The van der Waals surface area contributed by atoms with Crippen LogP contribution in [0.1, 0.15) is 18.4 Å². The van der Waals surface area contributed by atoms with Crippen molar-refractivity contribution in [3.63, 3.8) is 0 Å². The van der Waals surface area contributed by atoms with Crippen LogP contribution in [0.15, 0.2) is 16.8 Å². The Balaban J connectivity index is 0.000000203. The van der Waals surface area contributed by atoms with Crippen LogP contribution in [0.25, 0.3) is 0 Å². The van der Waals surface area contributed by atoms with Crippen molar-refractivity contribution < 1.29 is 25.2 Å². The first kappa shape index (κ1) is 16.1. The van der Waals surface area contributed by atoms with Crippen molar-refractivity contribution in [3.05, 3.63) is 22.4 Å². The normalized spacial score (nSPS) is 20.8. The summed E-state index contributed by atoms with van der Waals surface area (Å²) in [5, 5.41) is 4.49. The van der Waals surface area contributed by atoms with Crippen molar-refractivity contribution in [1.29, 1.82) is 0 Å². The van der Waals surface area contributed by atoms with Gasteiger partial charge in [0.2, 0.25) is 0 Å². The van der Waals surface area contributed by atoms with E-state index in [9.17, 15) is 25.2 Å². The second-order valence-electron chi connectivity index (χ2n) is 3.96. The van der Waals surface area contributed by atoms with E-state index in [0.717, 1.165) is 10.9 Å². The molecule has 1 aliphatic heterocycles. The molecule has 0 saturated carbocycles. The Kier molecular flexibility index (Phi) is 4.36. The van der Waals surface area contributed by atoms with Crippen LogP contribution in [-0.4, -0.2) is 11.5 Å². The van der Waals surface area contributed by atoms with Gasteiger partial charge in [0.25, 0.3) is 0 Å². The van der Waals surface area contributed by atoms with E-state index in [1.165, 1.54) is 30.1 Å². The average Bonchev–Trinajstić information content (AvgIpc) is 2.71. The fourth-order valence-corrected chi connectivity index (χ4v) is 4.61. The zero-order valence-electron chi connectivity index (χ0n) is 9.30. The third kappa shape index (κ3) is 11.2. The predicted molar refractivity (Wildman–Crippen MR) is 67.9 cm³/mol. The second-order valence-corrected chi connectivity index (χ2v) is 8.99. The maximum Gasteiger partial charge on any atom is 0.134 e. The molecule has 1 saturated heterocycles. The van der Waals surface area contributed by atoms with E-state index in [1.54, 1.807) is 5.56 Å². The van der Waals surface area contributed by atoms with Crippen molar-refractivity contribution in [2.45, 2.75) is 18.6 Å². The minimum Gasteiger partial charge on any atom is -0.152 e. The fourth-order valence-electron chi connectivity index (χ4n) is 1.47. The van der Waals surface area contributed by atoms with E-state index >= 15 is 0 Å². The van der Waals surface area contributed by atoms with Gasteiger partial charge in [-0.2, -0.15) is 11.3 Å². The third-order valence-corrected chi connectivity index (χ3v) is 5.27. The molecule has 108 valence electrons. The molecule has 18 heavy (non-hydrogen) atoms. The SMILES string of the molecule is F[P-](F)(F)(F)(F)F.c1cc(C[S+]2CCCC2)cs1. The summed E-state index contributed by atoms with van der Waals surface area (Å²) in [6.45, 7) is 0. The summed E-state index contributed by atoms with van der Waals surface area (Å²) in [6, 6.07) is 2.27. The van der Waals surface area contributed by atoms with Gasteiger partial charge in [-0.25, -0.2) is 0 Å². The zero-order chi connectivity index (χ0) is 13.9. The van der Waals surface area contributed by atoms with Gasteiger partial charge in [-0.3, -0.25) is 0 Å². The first-order chi connectivity index (χ1) is 7.90. The van der Waals surface area contributed by atoms with Crippen LogP contribution in [-0.2, 0) is 16.6 Å². The van der Waals surface area contributed by atoms with Gasteiger partial charge >= 0.3 is 33.0 Å². The van der Waals surface area contributed by atoms with Gasteiger partial charge < -0.3 is 0 Å². The summed E-state index contributed by atoms with van der Waals surface area (Å²) >= 11 is 1.83. The molecule has 1 aromatic rings. The topological polar surface area (TPSA) is 0 Å². The summed E-state index contributed by atoms with van der Waals surface area (Å²) in [6.07, 6.45) is 2.96. The summed E-state index contributed by atoms with van der Waals surface area (Å²) in [7, 11) is -9.91. The Hall–Kier alpha value is 0.0600. The third-order valence-electron chi connectivity index (χ3n) is 2.07. The smallest absolute Gasteiger partial charge is 0.134 e. The van der Waals surface area contributed by atoms with Crippen LogP contribution in [0, 0.1) is 0 Å². The predicted octanol–water partition coefficient (Wildman–Crippen LogP) is 6.04. The molecule has 0 aliphatic carbocycles. The van der Waals surface area contributed by atoms with Crippen LogP contribution < -0.4 is 0 Å². The van der Waals surface area contributed by atoms with E-state index < -0.39 is 7.81 Å². The number of hydrogen-bond acceptors (Lipinski definition) is 1. The molecular weight excluding hydrogens is 317 g/mol. The van der Waals surface area contributed by atoms with Crippen molar-refractivity contribution >= 4 is 30.0 Å². The first-order valence-electron chi connectivity index (χ1n) is 5.12. The van der Waals surface area contributed by atoms with E-state index in [2.05, 4.69) is 16.8 Å². The van der Waals surface area contributed by atoms with Crippen LogP contribution >= 0.6 is 19.1 Å². The maximum atomic E-state index is 9.87. The number of hydrogen-bond donors (Lipinski definition) is 0. The minimum absolute atomic E-state index is 0.750. The molecule has 0 radical (unpaired) electrons. The van der Waals surface area contributed by atoms with Crippen molar-refractivity contribution in [1.82, 2.24) is 0 Å². The van der Waals surface area contributed by atoms with Gasteiger partial charge in [0.05, 0.1) is 0 Å². The Morgan fingerprint density at radius 2 is 1.56 bits per heavy atom. The maximum absolute atomic E-state index is 10.7. The molecule has 0 amide bonds. The number of halogens is 6. The molecule has 9 heteroatoms. The molecule has 1 aromatic heterocycles. The standard InChI is InChI=1S/C9H13S2.F6P/c1-2-6-11(5-1)8-9-3-4-10-7-9;1-7(2,3,4,5)6/h3-4,7H,1-2,5-6,8H2;/q+1;-1. The molecule has 0 bridgehead atoms. The van der Waals surface area contributed by atoms with Crippen molar-refractivity contribution in [2.24, 2.45) is 0 Å². The number of thiophene rings is 1. The van der Waals surface area contributed by atoms with Gasteiger partial charge in [0, 0.05) is 5.56 Å². The zero-order valence-corrected chi connectivity index (χ0v) is 11.8. The van der Waals surface area contributed by atoms with Crippen LogP contribution in [0.4, 0.5) is 25.2 Å². The van der Waals surface area contributed by atoms with Crippen LogP contribution in [0.2, 0.25) is 0 Å². The second kappa shape index (κ2) is 4.87. The monoisotopic (exact) mass is 330 g/mol. The van der Waals surface area contributed by atoms with Gasteiger partial charge in [-0.1, -0.05) is 0 Å². The fraction of sp³-hybridized carbons (Fsp3) is 0.556. The first-order valence-corrected chi connectivity index (χ1v) is 9.82. The van der Waals surface area contributed by atoms with Crippen molar-refractivity contribution in [3.8, 4) is 0 Å². The largest absolute Gasteiger partial charge is 0.152 e. The van der Waals surface area contributed by atoms with Gasteiger partial charge in [0.15, 0.2) is 0 Å². The summed E-state index contributed by atoms with van der Waals surface area (Å²) in [5.41, 5.74) is 1.57. The molecule has 0 nitrogen and oxygen atoms in total.